The zero-order valence-electron chi connectivity index (χ0n) is 12.0. The molecule has 0 radical (unpaired) electrons. The molecule has 2 amide bonds. The van der Waals surface area contributed by atoms with E-state index in [0.717, 1.165) is 10.6 Å². The largest absolute Gasteiger partial charge is 0.346 e. The number of likely N-dealkylation sites (tertiary alicyclic amines) is 1. The Balaban J connectivity index is 1.95. The maximum atomic E-state index is 13.2. The van der Waals surface area contributed by atoms with E-state index in [9.17, 15) is 9.18 Å². The Morgan fingerprint density at radius 2 is 2.14 bits per heavy atom. The van der Waals surface area contributed by atoms with Gasteiger partial charge in [-0.15, -0.1) is 11.3 Å². The number of rotatable bonds is 1. The van der Waals surface area contributed by atoms with Gasteiger partial charge in [0.05, 0.1) is 6.54 Å². The van der Waals surface area contributed by atoms with Crippen molar-refractivity contribution in [2.75, 3.05) is 13.1 Å². The molecule has 4 nitrogen and oxygen atoms in total. The summed E-state index contributed by atoms with van der Waals surface area (Å²) in [7, 11) is 0. The summed E-state index contributed by atoms with van der Waals surface area (Å²) in [6.07, 6.45) is 1.37. The average Bonchev–Trinajstić information content (AvgIpc) is 3.06. The zero-order chi connectivity index (χ0) is 15.7. The molecule has 7 heteroatoms. The van der Waals surface area contributed by atoms with Gasteiger partial charge in [-0.25, -0.2) is 9.18 Å². The SMILES string of the molecule is Cc1cn(-c2ccc(Cl)cc2)/c(=N/C(=O)N2CCC(F)C2)s1. The number of nitrogens with zero attached hydrogens (tertiary/aromatic N) is 3. The summed E-state index contributed by atoms with van der Waals surface area (Å²) in [5.41, 5.74) is 0.880. The number of thiazole rings is 1. The van der Waals surface area contributed by atoms with Crippen molar-refractivity contribution in [3.8, 4) is 5.69 Å². The van der Waals surface area contributed by atoms with Crippen LogP contribution in [0.5, 0.6) is 0 Å². The Labute approximate surface area is 136 Å². The molecule has 1 atom stereocenters. The van der Waals surface area contributed by atoms with E-state index in [1.165, 1.54) is 16.2 Å². The van der Waals surface area contributed by atoms with Crippen LogP contribution in [0.25, 0.3) is 5.69 Å². The Kier molecular flexibility index (Phi) is 4.31. The third-order valence-corrected chi connectivity index (χ3v) is 4.62. The van der Waals surface area contributed by atoms with E-state index in [2.05, 4.69) is 4.99 Å². The fraction of sp³-hybridized carbons (Fsp3) is 0.333. The normalized spacial score (nSPS) is 19.0. The third kappa shape index (κ3) is 3.23. The molecule has 0 aliphatic carbocycles. The van der Waals surface area contributed by atoms with Crippen LogP contribution in [0.4, 0.5) is 9.18 Å². The first-order chi connectivity index (χ1) is 10.5. The first-order valence-electron chi connectivity index (χ1n) is 6.95. The summed E-state index contributed by atoms with van der Waals surface area (Å²) < 4.78 is 15.1. The molecule has 0 bridgehead atoms. The maximum absolute atomic E-state index is 13.2. The van der Waals surface area contributed by atoms with Crippen molar-refractivity contribution in [2.45, 2.75) is 19.5 Å². The van der Waals surface area contributed by atoms with Gasteiger partial charge >= 0.3 is 6.03 Å². The fourth-order valence-corrected chi connectivity index (χ4v) is 3.32. The number of benzene rings is 1. The molecule has 1 aliphatic heterocycles. The second kappa shape index (κ2) is 6.22. The molecule has 3 rings (SSSR count). The van der Waals surface area contributed by atoms with Crippen LogP contribution in [0.1, 0.15) is 11.3 Å². The molecule has 1 aromatic heterocycles. The molecule has 0 saturated carbocycles. The molecule has 1 aliphatic rings. The first-order valence-corrected chi connectivity index (χ1v) is 8.15. The molecule has 116 valence electrons. The number of amides is 2. The van der Waals surface area contributed by atoms with Gasteiger partial charge in [0.15, 0.2) is 4.80 Å². The minimum Gasteiger partial charge on any atom is -0.320 e. The van der Waals surface area contributed by atoms with Crippen LogP contribution in [0, 0.1) is 6.92 Å². The smallest absolute Gasteiger partial charge is 0.320 e. The molecule has 1 fully saturated rings. The second-order valence-corrected chi connectivity index (χ2v) is 6.85. The molecule has 1 unspecified atom stereocenters. The fourth-order valence-electron chi connectivity index (χ4n) is 2.36. The van der Waals surface area contributed by atoms with Gasteiger partial charge in [0.2, 0.25) is 0 Å². The van der Waals surface area contributed by atoms with Gasteiger partial charge in [0, 0.05) is 28.3 Å². The molecule has 22 heavy (non-hydrogen) atoms. The summed E-state index contributed by atoms with van der Waals surface area (Å²) in [5, 5.41) is 0.650. The van der Waals surface area contributed by atoms with Gasteiger partial charge in [0.1, 0.15) is 6.17 Å². The van der Waals surface area contributed by atoms with Crippen molar-refractivity contribution >= 4 is 29.0 Å². The predicted molar refractivity (Wildman–Crippen MR) is 85.4 cm³/mol. The van der Waals surface area contributed by atoms with E-state index in [1.807, 2.05) is 29.8 Å². The van der Waals surface area contributed by atoms with Crippen molar-refractivity contribution in [3.05, 3.63) is 45.2 Å². The number of hydrogen-bond donors (Lipinski definition) is 0. The van der Waals surface area contributed by atoms with Crippen LogP contribution in [0.2, 0.25) is 5.02 Å². The van der Waals surface area contributed by atoms with E-state index in [-0.39, 0.29) is 12.6 Å². The molecule has 1 saturated heterocycles. The van der Waals surface area contributed by atoms with Crippen LogP contribution in [-0.4, -0.2) is 34.8 Å². The van der Waals surface area contributed by atoms with Gasteiger partial charge in [-0.05, 0) is 37.6 Å². The van der Waals surface area contributed by atoms with Crippen molar-refractivity contribution in [1.29, 1.82) is 0 Å². The number of urea groups is 1. The van der Waals surface area contributed by atoms with E-state index in [0.29, 0.717) is 22.8 Å². The lowest BCUT2D eigenvalue weighted by atomic mass is 10.3. The quantitative estimate of drug-likeness (QED) is 0.782. The second-order valence-electron chi connectivity index (χ2n) is 5.20. The highest BCUT2D eigenvalue weighted by Gasteiger charge is 2.25. The van der Waals surface area contributed by atoms with Gasteiger partial charge < -0.3 is 4.90 Å². The van der Waals surface area contributed by atoms with Crippen LogP contribution in [0.3, 0.4) is 0 Å². The zero-order valence-corrected chi connectivity index (χ0v) is 13.6. The Morgan fingerprint density at radius 1 is 1.41 bits per heavy atom. The summed E-state index contributed by atoms with van der Waals surface area (Å²) in [4.78, 5) is 19.4. The van der Waals surface area contributed by atoms with Crippen LogP contribution in [0.15, 0.2) is 35.5 Å². The standard InChI is InChI=1S/C15H15ClFN3OS/c1-10-8-20(13-4-2-11(16)3-5-13)15(22-10)18-14(21)19-7-6-12(17)9-19/h2-5,8,12H,6-7,9H2,1H3/b18-15-. The number of alkyl halides is 1. The van der Waals surface area contributed by atoms with E-state index in [1.54, 1.807) is 12.1 Å². The predicted octanol–water partition coefficient (Wildman–Crippen LogP) is 3.57. The molecule has 0 spiro atoms. The van der Waals surface area contributed by atoms with Crippen molar-refractivity contribution in [3.63, 3.8) is 0 Å². The van der Waals surface area contributed by atoms with E-state index in [4.69, 9.17) is 11.6 Å². The van der Waals surface area contributed by atoms with E-state index >= 15 is 0 Å². The summed E-state index contributed by atoms with van der Waals surface area (Å²) >= 11 is 7.33. The lowest BCUT2D eigenvalue weighted by molar-refractivity contribution is 0.213. The lowest BCUT2D eigenvalue weighted by Crippen LogP contribution is -2.28. The van der Waals surface area contributed by atoms with Gasteiger partial charge in [0.25, 0.3) is 0 Å². The number of hydrogen-bond acceptors (Lipinski definition) is 2. The third-order valence-electron chi connectivity index (χ3n) is 3.47. The molecular formula is C15H15ClFN3OS. The number of halogens is 2. The first kappa shape index (κ1) is 15.2. The highest BCUT2D eigenvalue weighted by atomic mass is 35.5. The Bertz CT molecular complexity index is 753. The maximum Gasteiger partial charge on any atom is 0.346 e. The van der Waals surface area contributed by atoms with Gasteiger partial charge in [-0.3, -0.25) is 4.57 Å². The topological polar surface area (TPSA) is 37.6 Å². The highest BCUT2D eigenvalue weighted by molar-refractivity contribution is 7.09. The molecular weight excluding hydrogens is 325 g/mol. The number of aromatic nitrogens is 1. The van der Waals surface area contributed by atoms with Crippen LogP contribution < -0.4 is 4.80 Å². The van der Waals surface area contributed by atoms with E-state index < -0.39 is 6.17 Å². The van der Waals surface area contributed by atoms with Crippen LogP contribution in [-0.2, 0) is 0 Å². The molecule has 0 N–H and O–H groups in total. The minimum absolute atomic E-state index is 0.133. The van der Waals surface area contributed by atoms with Gasteiger partial charge in [-0.2, -0.15) is 4.99 Å². The Hall–Kier alpha value is -1.66. The summed E-state index contributed by atoms with van der Waals surface area (Å²) in [5.74, 6) is 0. The van der Waals surface area contributed by atoms with Crippen molar-refractivity contribution < 1.29 is 9.18 Å². The molecule has 2 heterocycles. The summed E-state index contributed by atoms with van der Waals surface area (Å²) in [6.45, 7) is 2.51. The molecule has 1 aromatic carbocycles. The van der Waals surface area contributed by atoms with Crippen molar-refractivity contribution in [2.24, 2.45) is 4.99 Å². The van der Waals surface area contributed by atoms with Crippen molar-refractivity contribution in [1.82, 2.24) is 9.47 Å². The lowest BCUT2D eigenvalue weighted by Gasteiger charge is -2.10. The summed E-state index contributed by atoms with van der Waals surface area (Å²) in [6, 6.07) is 6.93. The Morgan fingerprint density at radius 3 is 2.77 bits per heavy atom. The number of carbonyl (C=O) groups excluding carboxylic acids is 1. The van der Waals surface area contributed by atoms with Gasteiger partial charge in [-0.1, -0.05) is 11.6 Å². The number of aryl methyl sites for hydroxylation is 1. The monoisotopic (exact) mass is 339 g/mol. The average molecular weight is 340 g/mol. The minimum atomic E-state index is -0.937. The van der Waals surface area contributed by atoms with Crippen LogP contribution >= 0.6 is 22.9 Å². The molecule has 2 aromatic rings. The highest BCUT2D eigenvalue weighted by Crippen LogP contribution is 2.15. The number of carbonyl (C=O) groups is 1.